The summed E-state index contributed by atoms with van der Waals surface area (Å²) in [6.45, 7) is 1.38. The fourth-order valence-electron chi connectivity index (χ4n) is 1.96. The van der Waals surface area contributed by atoms with Gasteiger partial charge >= 0.3 is 5.97 Å². The zero-order valence-electron chi connectivity index (χ0n) is 13.7. The van der Waals surface area contributed by atoms with Gasteiger partial charge in [-0.15, -0.1) is 11.8 Å². The monoisotopic (exact) mass is 378 g/mol. The van der Waals surface area contributed by atoms with E-state index in [2.05, 4.69) is 5.32 Å². The standard InChI is InChI=1S/C17H15FN2O5S/c1-11(17(22)19-13-6-4-5-12(18)9-13)25-16(21)10-26-15-8-3-2-7-14(15)20(23)24/h2-9,11H,10H2,1H3,(H,19,22)/t11-/m0/s1. The molecule has 0 bridgehead atoms. The van der Waals surface area contributed by atoms with E-state index >= 15 is 0 Å². The number of hydrogen-bond donors (Lipinski definition) is 1. The number of benzene rings is 2. The Kier molecular flexibility index (Phi) is 6.67. The number of para-hydroxylation sites is 1. The third kappa shape index (κ3) is 5.55. The van der Waals surface area contributed by atoms with E-state index in [1.807, 2.05) is 0 Å². The Bertz CT molecular complexity index is 830. The van der Waals surface area contributed by atoms with Gasteiger partial charge in [-0.25, -0.2) is 4.39 Å². The summed E-state index contributed by atoms with van der Waals surface area (Å²) < 4.78 is 18.1. The lowest BCUT2D eigenvalue weighted by atomic mass is 10.3. The molecule has 1 N–H and O–H groups in total. The van der Waals surface area contributed by atoms with Crippen LogP contribution in [0.25, 0.3) is 0 Å². The van der Waals surface area contributed by atoms with E-state index in [4.69, 9.17) is 4.74 Å². The summed E-state index contributed by atoms with van der Waals surface area (Å²) in [6, 6.07) is 11.3. The maximum absolute atomic E-state index is 13.1. The Balaban J connectivity index is 1.87. The van der Waals surface area contributed by atoms with Crippen LogP contribution in [0.15, 0.2) is 53.4 Å². The lowest BCUT2D eigenvalue weighted by Crippen LogP contribution is -2.30. The third-order valence-electron chi connectivity index (χ3n) is 3.18. The second kappa shape index (κ2) is 8.95. The first kappa shape index (κ1) is 19.4. The van der Waals surface area contributed by atoms with Crippen LogP contribution in [-0.4, -0.2) is 28.7 Å². The van der Waals surface area contributed by atoms with E-state index in [1.54, 1.807) is 6.07 Å². The molecule has 0 spiro atoms. The Morgan fingerprint density at radius 2 is 2.00 bits per heavy atom. The van der Waals surface area contributed by atoms with Crippen LogP contribution in [0, 0.1) is 15.9 Å². The summed E-state index contributed by atoms with van der Waals surface area (Å²) in [4.78, 5) is 34.5. The molecule has 0 saturated carbocycles. The maximum Gasteiger partial charge on any atom is 0.317 e. The van der Waals surface area contributed by atoms with Crippen molar-refractivity contribution in [3.05, 3.63) is 64.5 Å². The number of anilines is 1. The van der Waals surface area contributed by atoms with Crippen molar-refractivity contribution in [1.82, 2.24) is 0 Å². The number of carbonyl (C=O) groups is 2. The largest absolute Gasteiger partial charge is 0.452 e. The number of nitrogens with one attached hydrogen (secondary N) is 1. The van der Waals surface area contributed by atoms with E-state index in [0.29, 0.717) is 4.90 Å². The zero-order valence-corrected chi connectivity index (χ0v) is 14.5. The highest BCUT2D eigenvalue weighted by Gasteiger charge is 2.20. The molecule has 0 aliphatic carbocycles. The van der Waals surface area contributed by atoms with Gasteiger partial charge in [-0.2, -0.15) is 0 Å². The highest BCUT2D eigenvalue weighted by Crippen LogP contribution is 2.28. The number of nitro benzene ring substituents is 1. The molecule has 0 unspecified atom stereocenters. The minimum Gasteiger partial charge on any atom is -0.452 e. The zero-order chi connectivity index (χ0) is 19.1. The SMILES string of the molecule is C[C@H](OC(=O)CSc1ccccc1[N+](=O)[O-])C(=O)Nc1cccc(F)c1. The number of thioether (sulfide) groups is 1. The van der Waals surface area contributed by atoms with Crippen LogP contribution in [0.3, 0.4) is 0 Å². The van der Waals surface area contributed by atoms with Crippen molar-refractivity contribution < 1.29 is 23.6 Å². The molecule has 2 aromatic carbocycles. The van der Waals surface area contributed by atoms with Gasteiger partial charge in [0, 0.05) is 11.8 Å². The van der Waals surface area contributed by atoms with Crippen LogP contribution < -0.4 is 5.32 Å². The average molecular weight is 378 g/mol. The molecular formula is C17H15FN2O5S. The Labute approximate surface area is 152 Å². The molecule has 0 aromatic heterocycles. The molecule has 9 heteroatoms. The normalized spacial score (nSPS) is 11.5. The van der Waals surface area contributed by atoms with Gasteiger partial charge in [-0.3, -0.25) is 19.7 Å². The van der Waals surface area contributed by atoms with Crippen molar-refractivity contribution in [3.8, 4) is 0 Å². The van der Waals surface area contributed by atoms with Crippen LogP contribution in [0.5, 0.6) is 0 Å². The van der Waals surface area contributed by atoms with Crippen LogP contribution in [0.1, 0.15) is 6.92 Å². The third-order valence-corrected chi connectivity index (χ3v) is 4.21. The van der Waals surface area contributed by atoms with Gasteiger partial charge in [-0.1, -0.05) is 18.2 Å². The van der Waals surface area contributed by atoms with Crippen molar-refractivity contribution in [2.75, 3.05) is 11.1 Å². The molecular weight excluding hydrogens is 363 g/mol. The van der Waals surface area contributed by atoms with Gasteiger partial charge in [0.25, 0.3) is 11.6 Å². The quantitative estimate of drug-likeness (QED) is 0.343. The minimum absolute atomic E-state index is 0.109. The molecule has 0 aliphatic heterocycles. The van der Waals surface area contributed by atoms with E-state index in [9.17, 15) is 24.1 Å². The summed E-state index contributed by atoms with van der Waals surface area (Å²) >= 11 is 0.946. The van der Waals surface area contributed by atoms with E-state index in [1.165, 1.54) is 43.3 Å². The number of nitro groups is 1. The smallest absolute Gasteiger partial charge is 0.317 e. The predicted molar refractivity (Wildman–Crippen MR) is 94.4 cm³/mol. The van der Waals surface area contributed by atoms with Crippen molar-refractivity contribution in [1.29, 1.82) is 0 Å². The molecule has 136 valence electrons. The number of rotatable bonds is 7. The van der Waals surface area contributed by atoms with E-state index in [0.717, 1.165) is 17.8 Å². The number of carbonyl (C=O) groups excluding carboxylic acids is 2. The molecule has 1 amide bonds. The molecule has 0 heterocycles. The number of esters is 1. The summed E-state index contributed by atoms with van der Waals surface area (Å²) in [6.07, 6.45) is -1.10. The topological polar surface area (TPSA) is 98.5 Å². The summed E-state index contributed by atoms with van der Waals surface area (Å²) in [5.41, 5.74) is 0.134. The molecule has 26 heavy (non-hydrogen) atoms. The van der Waals surface area contributed by atoms with Gasteiger partial charge in [-0.05, 0) is 31.2 Å². The van der Waals surface area contributed by atoms with Crippen molar-refractivity contribution >= 4 is 35.0 Å². The molecule has 0 aliphatic rings. The first-order valence-electron chi connectivity index (χ1n) is 7.49. The van der Waals surface area contributed by atoms with Gasteiger partial charge in [0.1, 0.15) is 5.82 Å². The Morgan fingerprint density at radius 3 is 2.69 bits per heavy atom. The van der Waals surface area contributed by atoms with Gasteiger partial charge in [0.05, 0.1) is 15.6 Å². The first-order valence-corrected chi connectivity index (χ1v) is 8.47. The second-order valence-electron chi connectivity index (χ2n) is 5.15. The highest BCUT2D eigenvalue weighted by atomic mass is 32.2. The number of nitrogens with zero attached hydrogens (tertiary/aromatic N) is 1. The fraction of sp³-hybridized carbons (Fsp3) is 0.176. The molecule has 1 atom stereocenters. The first-order chi connectivity index (χ1) is 12.4. The predicted octanol–water partition coefficient (Wildman–Crippen LogP) is 3.40. The van der Waals surface area contributed by atoms with Gasteiger partial charge in [0.15, 0.2) is 6.10 Å². The van der Waals surface area contributed by atoms with Gasteiger partial charge < -0.3 is 10.1 Å². The summed E-state index contributed by atoms with van der Waals surface area (Å²) in [5, 5.41) is 13.4. The summed E-state index contributed by atoms with van der Waals surface area (Å²) in [5.74, 6) is -2.01. The number of halogens is 1. The van der Waals surface area contributed by atoms with Crippen LogP contribution in [0.2, 0.25) is 0 Å². The molecule has 7 nitrogen and oxygen atoms in total. The Morgan fingerprint density at radius 1 is 1.27 bits per heavy atom. The lowest BCUT2D eigenvalue weighted by Gasteiger charge is -2.13. The summed E-state index contributed by atoms with van der Waals surface area (Å²) in [7, 11) is 0. The number of hydrogen-bond acceptors (Lipinski definition) is 6. The minimum atomic E-state index is -1.10. The Hall–Kier alpha value is -2.94. The van der Waals surface area contributed by atoms with Crippen molar-refractivity contribution in [2.45, 2.75) is 17.9 Å². The molecule has 2 aromatic rings. The maximum atomic E-state index is 13.1. The average Bonchev–Trinajstić information content (AvgIpc) is 2.60. The van der Waals surface area contributed by atoms with Crippen molar-refractivity contribution in [3.63, 3.8) is 0 Å². The lowest BCUT2D eigenvalue weighted by molar-refractivity contribution is -0.387. The van der Waals surface area contributed by atoms with E-state index in [-0.39, 0.29) is 17.1 Å². The highest BCUT2D eigenvalue weighted by molar-refractivity contribution is 8.00. The van der Waals surface area contributed by atoms with Crippen LogP contribution >= 0.6 is 11.8 Å². The van der Waals surface area contributed by atoms with Gasteiger partial charge in [0.2, 0.25) is 0 Å². The molecule has 0 fully saturated rings. The second-order valence-corrected chi connectivity index (χ2v) is 6.16. The van der Waals surface area contributed by atoms with Crippen molar-refractivity contribution in [2.24, 2.45) is 0 Å². The molecule has 2 rings (SSSR count). The number of ether oxygens (including phenoxy) is 1. The number of amides is 1. The van der Waals surface area contributed by atoms with Crippen LogP contribution in [-0.2, 0) is 14.3 Å². The van der Waals surface area contributed by atoms with Crippen LogP contribution in [0.4, 0.5) is 15.8 Å². The molecule has 0 saturated heterocycles. The van der Waals surface area contributed by atoms with E-state index < -0.39 is 28.7 Å². The molecule has 0 radical (unpaired) electrons. The fourth-order valence-corrected chi connectivity index (χ4v) is 2.77.